The van der Waals surface area contributed by atoms with Crippen molar-refractivity contribution < 1.29 is 0 Å². The molecule has 1 aliphatic heterocycles. The number of aliphatic imine (C=N–C) groups is 1. The van der Waals surface area contributed by atoms with Gasteiger partial charge in [-0.15, -0.1) is 34.2 Å². The summed E-state index contributed by atoms with van der Waals surface area (Å²) in [6, 6.07) is 0. The molecule has 1 aliphatic rings. The first kappa shape index (κ1) is 21.2. The molecule has 0 saturated carbocycles. The highest BCUT2D eigenvalue weighted by Crippen LogP contribution is 2.14. The number of halogens is 1. The van der Waals surface area contributed by atoms with E-state index in [9.17, 15) is 0 Å². The van der Waals surface area contributed by atoms with Gasteiger partial charge in [0.25, 0.3) is 0 Å². The minimum atomic E-state index is 0. The Morgan fingerprint density at radius 3 is 2.67 bits per heavy atom. The number of nitrogens with one attached hydrogen (secondary N) is 2. The minimum Gasteiger partial charge on any atom is -0.356 e. The normalized spacial score (nSPS) is 14.8. The molecule has 0 aromatic carbocycles. The number of aromatic nitrogens is 3. The summed E-state index contributed by atoms with van der Waals surface area (Å²) in [6.07, 6.45) is 8.14. The first-order valence-corrected chi connectivity index (χ1v) is 9.13. The van der Waals surface area contributed by atoms with Crippen molar-refractivity contribution >= 4 is 29.9 Å². The second kappa shape index (κ2) is 11.7. The molecule has 1 aromatic heterocycles. The number of fused-ring (bicyclic) bond motifs is 1. The molecule has 0 amide bonds. The molecule has 0 atom stereocenters. The van der Waals surface area contributed by atoms with Crippen LogP contribution in [0.3, 0.4) is 0 Å². The van der Waals surface area contributed by atoms with E-state index in [0.717, 1.165) is 50.1 Å². The van der Waals surface area contributed by atoms with Crippen LogP contribution in [0.25, 0.3) is 0 Å². The summed E-state index contributed by atoms with van der Waals surface area (Å²) in [5.74, 6) is 3.85. The van der Waals surface area contributed by atoms with Crippen LogP contribution < -0.4 is 10.6 Å². The van der Waals surface area contributed by atoms with Crippen molar-refractivity contribution in [2.24, 2.45) is 10.9 Å². The van der Waals surface area contributed by atoms with E-state index in [2.05, 4.69) is 44.2 Å². The highest BCUT2D eigenvalue weighted by atomic mass is 127. The van der Waals surface area contributed by atoms with Crippen molar-refractivity contribution in [3.63, 3.8) is 0 Å². The van der Waals surface area contributed by atoms with Crippen LogP contribution in [0, 0.1) is 5.92 Å². The zero-order valence-electron chi connectivity index (χ0n) is 15.3. The van der Waals surface area contributed by atoms with Gasteiger partial charge in [0.1, 0.15) is 11.6 Å². The van der Waals surface area contributed by atoms with Gasteiger partial charge in [0, 0.05) is 39.5 Å². The van der Waals surface area contributed by atoms with Crippen molar-refractivity contribution in [3.8, 4) is 0 Å². The van der Waals surface area contributed by atoms with Crippen LogP contribution in [0.5, 0.6) is 0 Å². The van der Waals surface area contributed by atoms with E-state index in [1.807, 2.05) is 7.05 Å². The Labute approximate surface area is 163 Å². The Hall–Kier alpha value is -0.860. The van der Waals surface area contributed by atoms with Gasteiger partial charge in [-0.05, 0) is 18.8 Å². The molecule has 24 heavy (non-hydrogen) atoms. The van der Waals surface area contributed by atoms with E-state index in [4.69, 9.17) is 0 Å². The zero-order chi connectivity index (χ0) is 16.5. The van der Waals surface area contributed by atoms with Crippen LogP contribution in [0.1, 0.15) is 57.6 Å². The van der Waals surface area contributed by atoms with Gasteiger partial charge in [-0.1, -0.05) is 33.1 Å². The fourth-order valence-electron chi connectivity index (χ4n) is 3.06. The Bertz CT molecular complexity index is 495. The lowest BCUT2D eigenvalue weighted by Gasteiger charge is -2.16. The van der Waals surface area contributed by atoms with Gasteiger partial charge in [-0.25, -0.2) is 0 Å². The lowest BCUT2D eigenvalue weighted by Crippen LogP contribution is -2.40. The van der Waals surface area contributed by atoms with Crippen molar-refractivity contribution in [2.45, 2.75) is 65.3 Å². The molecule has 138 valence electrons. The van der Waals surface area contributed by atoms with Crippen molar-refractivity contribution in [2.75, 3.05) is 20.1 Å². The molecule has 0 saturated heterocycles. The number of aryl methyl sites for hydroxylation is 1. The lowest BCUT2D eigenvalue weighted by atomic mass is 10.0. The quantitative estimate of drug-likeness (QED) is 0.383. The third-order valence-electron chi connectivity index (χ3n) is 4.76. The van der Waals surface area contributed by atoms with E-state index in [0.29, 0.717) is 5.92 Å². The highest BCUT2D eigenvalue weighted by molar-refractivity contribution is 14.0. The molecule has 2 rings (SSSR count). The Kier molecular flexibility index (Phi) is 10.3. The molecule has 7 heteroatoms. The summed E-state index contributed by atoms with van der Waals surface area (Å²) in [5, 5.41) is 15.5. The smallest absolute Gasteiger partial charge is 0.190 e. The molecule has 0 spiro atoms. The third-order valence-corrected chi connectivity index (χ3v) is 4.76. The van der Waals surface area contributed by atoms with E-state index >= 15 is 0 Å². The fourth-order valence-corrected chi connectivity index (χ4v) is 3.06. The number of hydrogen-bond acceptors (Lipinski definition) is 3. The molecular weight excluding hydrogens is 415 g/mol. The van der Waals surface area contributed by atoms with Gasteiger partial charge in [-0.2, -0.15) is 0 Å². The average molecular weight is 448 g/mol. The van der Waals surface area contributed by atoms with E-state index in [-0.39, 0.29) is 24.0 Å². The minimum absolute atomic E-state index is 0. The maximum Gasteiger partial charge on any atom is 0.190 e. The molecular formula is C17H33IN6. The van der Waals surface area contributed by atoms with Gasteiger partial charge in [0.05, 0.1) is 0 Å². The van der Waals surface area contributed by atoms with Crippen LogP contribution in [-0.2, 0) is 19.4 Å². The van der Waals surface area contributed by atoms with Crippen molar-refractivity contribution in [1.82, 2.24) is 25.4 Å². The second-order valence-corrected chi connectivity index (χ2v) is 6.31. The first-order chi connectivity index (χ1) is 11.3. The monoisotopic (exact) mass is 448 g/mol. The van der Waals surface area contributed by atoms with Crippen LogP contribution in [-0.4, -0.2) is 40.9 Å². The van der Waals surface area contributed by atoms with Gasteiger partial charge >= 0.3 is 0 Å². The molecule has 0 aliphatic carbocycles. The summed E-state index contributed by atoms with van der Waals surface area (Å²) >= 11 is 0. The molecule has 6 nitrogen and oxygen atoms in total. The predicted octanol–water partition coefficient (Wildman–Crippen LogP) is 2.77. The van der Waals surface area contributed by atoms with Gasteiger partial charge in [0.2, 0.25) is 0 Å². The van der Waals surface area contributed by atoms with Crippen LogP contribution in [0.2, 0.25) is 0 Å². The van der Waals surface area contributed by atoms with Crippen LogP contribution in [0.4, 0.5) is 0 Å². The molecule has 0 fully saturated rings. The van der Waals surface area contributed by atoms with Crippen LogP contribution >= 0.6 is 24.0 Å². The second-order valence-electron chi connectivity index (χ2n) is 6.31. The van der Waals surface area contributed by atoms with Gasteiger partial charge < -0.3 is 15.2 Å². The third kappa shape index (κ3) is 6.22. The average Bonchev–Trinajstić information content (AvgIpc) is 2.81. The number of nitrogens with zero attached hydrogens (tertiary/aromatic N) is 4. The number of guanidine groups is 1. The van der Waals surface area contributed by atoms with Crippen molar-refractivity contribution in [1.29, 1.82) is 0 Å². The fraction of sp³-hybridized carbons (Fsp3) is 0.824. The van der Waals surface area contributed by atoms with Gasteiger partial charge in [0.15, 0.2) is 5.96 Å². The number of rotatable bonds is 7. The summed E-state index contributed by atoms with van der Waals surface area (Å²) in [5.41, 5.74) is 0. The Balaban J connectivity index is 0.00000288. The largest absolute Gasteiger partial charge is 0.356 e. The van der Waals surface area contributed by atoms with Crippen molar-refractivity contribution in [3.05, 3.63) is 11.6 Å². The Morgan fingerprint density at radius 1 is 1.17 bits per heavy atom. The summed E-state index contributed by atoms with van der Waals surface area (Å²) in [6.45, 7) is 7.36. The Morgan fingerprint density at radius 2 is 1.96 bits per heavy atom. The van der Waals surface area contributed by atoms with Crippen LogP contribution in [0.15, 0.2) is 4.99 Å². The lowest BCUT2D eigenvalue weighted by molar-refractivity contribution is 0.481. The highest BCUT2D eigenvalue weighted by Gasteiger charge is 2.14. The first-order valence-electron chi connectivity index (χ1n) is 9.13. The maximum atomic E-state index is 4.38. The molecule has 0 radical (unpaired) electrons. The predicted molar refractivity (Wildman–Crippen MR) is 110 cm³/mol. The van der Waals surface area contributed by atoms with E-state index in [1.54, 1.807) is 0 Å². The summed E-state index contributed by atoms with van der Waals surface area (Å²) in [4.78, 5) is 4.30. The molecule has 0 unspecified atom stereocenters. The number of hydrogen-bond donors (Lipinski definition) is 2. The maximum absolute atomic E-state index is 4.38. The molecule has 2 N–H and O–H groups in total. The standard InChI is InChI=1S/C17H32N6.HI/c1-4-14(5-2)13-20-17(18-3)19-11-10-16-22-21-15-9-7-6-8-12-23(15)16;/h14H,4-13H2,1-3H3,(H2,18,19,20);1H. The van der Waals surface area contributed by atoms with E-state index < -0.39 is 0 Å². The zero-order valence-corrected chi connectivity index (χ0v) is 17.7. The molecule has 1 aromatic rings. The summed E-state index contributed by atoms with van der Waals surface area (Å²) < 4.78 is 2.31. The molecule has 2 heterocycles. The van der Waals surface area contributed by atoms with E-state index in [1.165, 1.54) is 32.1 Å². The topological polar surface area (TPSA) is 67.1 Å². The summed E-state index contributed by atoms with van der Waals surface area (Å²) in [7, 11) is 1.82. The molecule has 0 bridgehead atoms. The SMILES string of the molecule is CCC(CC)CNC(=NC)NCCc1nnc2n1CCCCC2.I. The van der Waals surface area contributed by atoms with Gasteiger partial charge in [-0.3, -0.25) is 4.99 Å².